The number of esters is 2. The van der Waals surface area contributed by atoms with E-state index in [0.29, 0.717) is 39.5 Å². The number of hydrogen-bond donors (Lipinski definition) is 2. The molecule has 0 saturated heterocycles. The molecule has 0 saturated carbocycles. The van der Waals surface area contributed by atoms with Gasteiger partial charge in [0.2, 0.25) is 5.91 Å². The summed E-state index contributed by atoms with van der Waals surface area (Å²) in [6.07, 6.45) is 30.7. The SMILES string of the molecule is CCCCCCCCCCCCCCCC(=O)OCC(CSCC(NC(=O)OCC1c2ccccc2-c2ccccc21)C(=O)NCCOCCOCCOCCN=[N+]=[N-])OC(=O)CCCCCCCCCCCCCCC. The lowest BCUT2D eigenvalue weighted by Gasteiger charge is -2.21. The summed E-state index contributed by atoms with van der Waals surface area (Å²) in [5.74, 6) is -0.854. The fourth-order valence-electron chi connectivity index (χ4n) is 9.54. The number of ether oxygens (including phenoxy) is 6. The Morgan fingerprint density at radius 1 is 0.571 bits per heavy atom. The van der Waals surface area contributed by atoms with Crippen LogP contribution in [0.5, 0.6) is 0 Å². The third-order valence-electron chi connectivity index (χ3n) is 13.9. The largest absolute Gasteiger partial charge is 0.462 e. The monoisotopic (exact) mass is 1090 g/mol. The van der Waals surface area contributed by atoms with E-state index < -0.39 is 24.1 Å². The van der Waals surface area contributed by atoms with Gasteiger partial charge in [-0.3, -0.25) is 14.4 Å². The first-order valence-corrected chi connectivity index (χ1v) is 31.1. The molecule has 0 radical (unpaired) electrons. The van der Waals surface area contributed by atoms with E-state index in [1.807, 2.05) is 36.4 Å². The summed E-state index contributed by atoms with van der Waals surface area (Å²) in [4.78, 5) is 56.2. The Hall–Kier alpha value is -4.34. The van der Waals surface area contributed by atoms with Crippen molar-refractivity contribution < 1.29 is 47.6 Å². The van der Waals surface area contributed by atoms with E-state index in [1.54, 1.807) is 0 Å². The molecule has 0 aliphatic heterocycles. The molecule has 77 heavy (non-hydrogen) atoms. The fraction of sp³-hybridized carbons (Fsp3) is 0.738. The van der Waals surface area contributed by atoms with E-state index in [1.165, 1.54) is 140 Å². The Bertz CT molecular complexity index is 1860. The van der Waals surface area contributed by atoms with Gasteiger partial charge in [0.05, 0.1) is 39.6 Å². The number of rotatable bonds is 51. The van der Waals surface area contributed by atoms with Gasteiger partial charge >= 0.3 is 18.0 Å². The first kappa shape index (κ1) is 66.9. The number of carbonyl (C=O) groups is 4. The van der Waals surface area contributed by atoms with Gasteiger partial charge in [0, 0.05) is 48.3 Å². The van der Waals surface area contributed by atoms with Gasteiger partial charge in [-0.15, -0.1) is 0 Å². The molecule has 0 bridgehead atoms. The highest BCUT2D eigenvalue weighted by Gasteiger charge is 2.30. The topological polar surface area (TPSA) is 196 Å². The second kappa shape index (κ2) is 46.6. The average Bonchev–Trinajstić information content (AvgIpc) is 3.78. The number of alkyl carbamates (subject to hydrolysis) is 1. The van der Waals surface area contributed by atoms with Gasteiger partial charge in [0.15, 0.2) is 0 Å². The lowest BCUT2D eigenvalue weighted by atomic mass is 9.98. The number of nitrogens with zero attached hydrogens (tertiary/aromatic N) is 3. The van der Waals surface area contributed by atoms with Crippen LogP contribution in [0.3, 0.4) is 0 Å². The van der Waals surface area contributed by atoms with Crippen molar-refractivity contribution in [1.82, 2.24) is 10.6 Å². The molecule has 0 fully saturated rings. The molecule has 2 N–H and O–H groups in total. The van der Waals surface area contributed by atoms with Crippen LogP contribution in [-0.4, -0.2) is 114 Å². The van der Waals surface area contributed by atoms with Crippen molar-refractivity contribution in [3.8, 4) is 11.1 Å². The van der Waals surface area contributed by atoms with Crippen molar-refractivity contribution in [1.29, 1.82) is 0 Å². The Balaban J connectivity index is 1.52. The molecule has 2 amide bonds. The number of carbonyl (C=O) groups excluding carboxylic acids is 4. The van der Waals surface area contributed by atoms with Crippen LogP contribution in [-0.2, 0) is 42.8 Å². The van der Waals surface area contributed by atoms with Crippen LogP contribution in [0.25, 0.3) is 21.6 Å². The van der Waals surface area contributed by atoms with Crippen molar-refractivity contribution in [3.05, 3.63) is 70.1 Å². The molecule has 0 heterocycles. The molecule has 3 rings (SSSR count). The van der Waals surface area contributed by atoms with Gasteiger partial charge in [-0.05, 0) is 40.6 Å². The summed E-state index contributed by atoms with van der Waals surface area (Å²) in [6, 6.07) is 15.2. The molecule has 2 aromatic carbocycles. The van der Waals surface area contributed by atoms with E-state index in [-0.39, 0.29) is 68.7 Å². The highest BCUT2D eigenvalue weighted by atomic mass is 32.2. The lowest BCUT2D eigenvalue weighted by molar-refractivity contribution is -0.157. The summed E-state index contributed by atoms with van der Waals surface area (Å²) in [5.41, 5.74) is 12.7. The van der Waals surface area contributed by atoms with Gasteiger partial charge in [0.25, 0.3) is 0 Å². The van der Waals surface area contributed by atoms with Gasteiger partial charge in [-0.2, -0.15) is 11.8 Å². The fourth-order valence-corrected chi connectivity index (χ4v) is 10.6. The van der Waals surface area contributed by atoms with Crippen LogP contribution < -0.4 is 10.6 Å². The van der Waals surface area contributed by atoms with Crippen molar-refractivity contribution in [2.24, 2.45) is 5.11 Å². The molecule has 16 heteroatoms. The lowest BCUT2D eigenvalue weighted by Crippen LogP contribution is -2.49. The predicted molar refractivity (Wildman–Crippen MR) is 310 cm³/mol. The number of benzene rings is 2. The average molecular weight is 1090 g/mol. The Kier molecular flexibility index (Phi) is 40.5. The molecule has 0 spiro atoms. The second-order valence-corrected chi connectivity index (χ2v) is 21.5. The molecule has 2 atom stereocenters. The Labute approximate surface area is 467 Å². The maximum Gasteiger partial charge on any atom is 0.407 e. The number of nitrogens with one attached hydrogen (secondary N) is 2. The maximum atomic E-state index is 13.7. The molecule has 15 nitrogen and oxygen atoms in total. The van der Waals surface area contributed by atoms with Crippen LogP contribution in [0.2, 0.25) is 0 Å². The quantitative estimate of drug-likeness (QED) is 0.0160. The van der Waals surface area contributed by atoms with E-state index in [0.717, 1.165) is 60.8 Å². The van der Waals surface area contributed by atoms with Crippen LogP contribution in [0.15, 0.2) is 53.6 Å². The van der Waals surface area contributed by atoms with Gasteiger partial charge in [0.1, 0.15) is 25.4 Å². The summed E-state index contributed by atoms with van der Waals surface area (Å²) in [5, 5.41) is 9.08. The highest BCUT2D eigenvalue weighted by Crippen LogP contribution is 2.44. The van der Waals surface area contributed by atoms with Crippen molar-refractivity contribution in [2.75, 3.05) is 77.5 Å². The van der Waals surface area contributed by atoms with E-state index in [9.17, 15) is 19.2 Å². The van der Waals surface area contributed by atoms with Crippen LogP contribution >= 0.6 is 11.8 Å². The molecule has 434 valence electrons. The number of hydrogen-bond acceptors (Lipinski definition) is 12. The zero-order chi connectivity index (χ0) is 55.1. The molecule has 1 aliphatic rings. The maximum absolute atomic E-state index is 13.7. The third-order valence-corrected chi connectivity index (χ3v) is 15.1. The standard InChI is InChI=1S/C61H99N5O10S/c1-3-5-7-9-11-13-15-17-19-21-23-25-27-37-58(67)74-47-51(76-59(68)38-28-26-24-22-20-18-16-14-12-10-8-6-4-2)49-77-50-57(60(69)63-39-41-71-43-45-73-46-44-72-42-40-64-66-62)65-61(70)75-48-56-54-35-31-29-33-52(54)53-34-30-32-36-55(53)56/h29-36,51,56-57H,3-28,37-50H2,1-2H3,(H,63,69)(H,65,70). The summed E-state index contributed by atoms with van der Waals surface area (Å²) in [6.45, 7) is 6.83. The van der Waals surface area contributed by atoms with Crippen molar-refractivity contribution >= 4 is 35.7 Å². The van der Waals surface area contributed by atoms with Gasteiger partial charge in [-0.1, -0.05) is 222 Å². The van der Waals surface area contributed by atoms with Gasteiger partial charge in [-0.25, -0.2) is 4.79 Å². The molecular weight excluding hydrogens is 995 g/mol. The Morgan fingerprint density at radius 3 is 1.53 bits per heavy atom. The molecule has 0 aromatic heterocycles. The molecule has 2 aromatic rings. The minimum absolute atomic E-state index is 0.0844. The summed E-state index contributed by atoms with van der Waals surface area (Å²) < 4.78 is 34.0. The number of thioether (sulfide) groups is 1. The number of unbranched alkanes of at least 4 members (excludes halogenated alkanes) is 24. The van der Waals surface area contributed by atoms with Gasteiger partial charge < -0.3 is 39.1 Å². The minimum atomic E-state index is -1.00. The van der Waals surface area contributed by atoms with Crippen LogP contribution in [0, 0.1) is 0 Å². The predicted octanol–water partition coefficient (Wildman–Crippen LogP) is 14.5. The first-order chi connectivity index (χ1) is 37.9. The normalized spacial score (nSPS) is 12.5. The van der Waals surface area contributed by atoms with E-state index in [4.69, 9.17) is 34.0 Å². The second-order valence-electron chi connectivity index (χ2n) is 20.4. The number of amides is 2. The molecular formula is C61H99N5O10S. The smallest absolute Gasteiger partial charge is 0.407 e. The van der Waals surface area contributed by atoms with Crippen LogP contribution in [0.1, 0.15) is 211 Å². The number of fused-ring (bicyclic) bond motifs is 3. The van der Waals surface area contributed by atoms with E-state index in [2.05, 4.69) is 46.6 Å². The third kappa shape index (κ3) is 33.0. The van der Waals surface area contributed by atoms with Crippen LogP contribution in [0.4, 0.5) is 4.79 Å². The van der Waals surface area contributed by atoms with Crippen molar-refractivity contribution in [3.63, 3.8) is 0 Å². The summed E-state index contributed by atoms with van der Waals surface area (Å²) >= 11 is 1.33. The first-order valence-electron chi connectivity index (χ1n) is 29.9. The van der Waals surface area contributed by atoms with E-state index >= 15 is 0 Å². The zero-order valence-corrected chi connectivity index (χ0v) is 48.3. The highest BCUT2D eigenvalue weighted by molar-refractivity contribution is 7.99. The Morgan fingerprint density at radius 2 is 1.03 bits per heavy atom. The number of azide groups is 1. The minimum Gasteiger partial charge on any atom is -0.462 e. The van der Waals surface area contributed by atoms with Crippen molar-refractivity contribution in [2.45, 2.75) is 212 Å². The molecule has 2 unspecified atom stereocenters. The zero-order valence-electron chi connectivity index (χ0n) is 47.5. The molecule has 1 aliphatic carbocycles. The summed E-state index contributed by atoms with van der Waals surface area (Å²) in [7, 11) is 0.